The van der Waals surface area contributed by atoms with Crippen LogP contribution in [0.2, 0.25) is 5.02 Å². The summed E-state index contributed by atoms with van der Waals surface area (Å²) in [5.41, 5.74) is 6.53. The molecule has 0 bridgehead atoms. The molecule has 0 aliphatic carbocycles. The molecule has 5 nitrogen and oxygen atoms in total. The Morgan fingerprint density at radius 3 is 2.95 bits per heavy atom. The number of nitrogens with zero attached hydrogens (tertiary/aromatic N) is 1. The van der Waals surface area contributed by atoms with Gasteiger partial charge in [0.15, 0.2) is 0 Å². The van der Waals surface area contributed by atoms with Crippen LogP contribution in [-0.2, 0) is 4.79 Å². The predicted octanol–water partition coefficient (Wildman–Crippen LogP) is 2.35. The van der Waals surface area contributed by atoms with Crippen LogP contribution in [-0.4, -0.2) is 43.6 Å². The summed E-state index contributed by atoms with van der Waals surface area (Å²) in [6, 6.07) is 5.49. The third kappa shape index (κ3) is 4.12. The van der Waals surface area contributed by atoms with E-state index in [4.69, 9.17) is 22.1 Å². The summed E-state index contributed by atoms with van der Waals surface area (Å²) < 4.78 is 5.10. The number of carbonyl (C=O) groups excluding carboxylic acids is 1. The summed E-state index contributed by atoms with van der Waals surface area (Å²) >= 11 is 6.07. The number of halogens is 1. The van der Waals surface area contributed by atoms with Crippen molar-refractivity contribution in [2.45, 2.75) is 25.8 Å². The summed E-state index contributed by atoms with van der Waals surface area (Å²) in [5, 5.41) is 3.36. The lowest BCUT2D eigenvalue weighted by molar-refractivity contribution is -0.118. The van der Waals surface area contributed by atoms with Gasteiger partial charge in [-0.15, -0.1) is 0 Å². The minimum atomic E-state index is -0.0474. The van der Waals surface area contributed by atoms with Crippen LogP contribution in [0.3, 0.4) is 0 Å². The van der Waals surface area contributed by atoms with Crippen molar-refractivity contribution < 1.29 is 9.53 Å². The molecule has 1 aliphatic heterocycles. The second kappa shape index (κ2) is 7.81. The average molecular weight is 326 g/mol. The molecule has 1 heterocycles. The van der Waals surface area contributed by atoms with Crippen LogP contribution < -0.4 is 15.8 Å². The number of ether oxygens (including phenoxy) is 1. The number of hydrogen-bond donors (Lipinski definition) is 2. The van der Waals surface area contributed by atoms with Crippen LogP contribution in [0.15, 0.2) is 18.2 Å². The Morgan fingerprint density at radius 1 is 1.55 bits per heavy atom. The number of carbonyl (C=O) groups is 1. The zero-order chi connectivity index (χ0) is 16.1. The van der Waals surface area contributed by atoms with Gasteiger partial charge in [0.25, 0.3) is 0 Å². The van der Waals surface area contributed by atoms with Crippen LogP contribution in [0, 0.1) is 5.92 Å². The summed E-state index contributed by atoms with van der Waals surface area (Å²) in [6.07, 6.45) is 2.29. The molecule has 22 heavy (non-hydrogen) atoms. The van der Waals surface area contributed by atoms with Crippen LogP contribution in [0.25, 0.3) is 0 Å². The van der Waals surface area contributed by atoms with Gasteiger partial charge in [0.05, 0.1) is 18.7 Å². The van der Waals surface area contributed by atoms with Gasteiger partial charge in [-0.25, -0.2) is 0 Å². The zero-order valence-corrected chi connectivity index (χ0v) is 13.9. The molecule has 1 fully saturated rings. The quantitative estimate of drug-likeness (QED) is 0.872. The Hall–Kier alpha value is -1.30. The number of amides is 1. The number of benzene rings is 1. The zero-order valence-electron chi connectivity index (χ0n) is 13.1. The highest BCUT2D eigenvalue weighted by molar-refractivity contribution is 6.32. The normalized spacial score (nSPS) is 22.4. The second-order valence-electron chi connectivity index (χ2n) is 5.79. The third-order valence-corrected chi connectivity index (χ3v) is 4.55. The number of rotatable bonds is 5. The highest BCUT2D eigenvalue weighted by Gasteiger charge is 2.28. The largest absolute Gasteiger partial charge is 0.495 e. The van der Waals surface area contributed by atoms with Gasteiger partial charge in [-0.3, -0.25) is 9.69 Å². The molecule has 122 valence electrons. The lowest BCUT2D eigenvalue weighted by Crippen LogP contribution is -2.51. The number of methoxy groups -OCH3 is 1. The first-order valence-electron chi connectivity index (χ1n) is 7.62. The van der Waals surface area contributed by atoms with E-state index in [0.29, 0.717) is 35.5 Å². The molecule has 1 aromatic carbocycles. The Kier molecular flexibility index (Phi) is 6.06. The first kappa shape index (κ1) is 17.1. The first-order valence-corrected chi connectivity index (χ1v) is 8.00. The van der Waals surface area contributed by atoms with Crippen molar-refractivity contribution in [3.05, 3.63) is 23.2 Å². The van der Waals surface area contributed by atoms with Crippen molar-refractivity contribution in [2.24, 2.45) is 11.7 Å². The molecular formula is C16H24ClN3O2. The van der Waals surface area contributed by atoms with E-state index >= 15 is 0 Å². The molecule has 2 atom stereocenters. The minimum absolute atomic E-state index is 0.0474. The van der Waals surface area contributed by atoms with Gasteiger partial charge in [-0.1, -0.05) is 18.5 Å². The van der Waals surface area contributed by atoms with Gasteiger partial charge in [-0.05, 0) is 43.5 Å². The Labute approximate surface area is 136 Å². The van der Waals surface area contributed by atoms with Gasteiger partial charge < -0.3 is 15.8 Å². The summed E-state index contributed by atoms with van der Waals surface area (Å²) in [7, 11) is 1.56. The molecule has 0 aromatic heterocycles. The van der Waals surface area contributed by atoms with Crippen molar-refractivity contribution in [1.29, 1.82) is 0 Å². The third-order valence-electron chi connectivity index (χ3n) is 4.25. The second-order valence-corrected chi connectivity index (χ2v) is 6.20. The van der Waals surface area contributed by atoms with Crippen molar-refractivity contribution in [3.63, 3.8) is 0 Å². The molecule has 2 unspecified atom stereocenters. The molecule has 0 radical (unpaired) electrons. The molecule has 1 saturated heterocycles. The lowest BCUT2D eigenvalue weighted by atomic mass is 9.91. The maximum Gasteiger partial charge on any atom is 0.238 e. The molecule has 0 saturated carbocycles. The maximum absolute atomic E-state index is 12.2. The molecule has 3 N–H and O–H groups in total. The van der Waals surface area contributed by atoms with Crippen molar-refractivity contribution in [2.75, 3.05) is 32.1 Å². The van der Waals surface area contributed by atoms with Crippen LogP contribution in [0.4, 0.5) is 5.69 Å². The van der Waals surface area contributed by atoms with E-state index in [1.165, 1.54) is 6.42 Å². The number of hydrogen-bond acceptors (Lipinski definition) is 4. The van der Waals surface area contributed by atoms with E-state index in [-0.39, 0.29) is 11.9 Å². The van der Waals surface area contributed by atoms with Crippen molar-refractivity contribution in [3.8, 4) is 5.75 Å². The van der Waals surface area contributed by atoms with E-state index in [1.807, 2.05) is 0 Å². The first-order chi connectivity index (χ1) is 10.5. The topological polar surface area (TPSA) is 67.6 Å². The van der Waals surface area contributed by atoms with Crippen LogP contribution in [0.5, 0.6) is 5.75 Å². The van der Waals surface area contributed by atoms with E-state index in [0.717, 1.165) is 13.0 Å². The highest BCUT2D eigenvalue weighted by atomic mass is 35.5. The molecule has 1 amide bonds. The summed E-state index contributed by atoms with van der Waals surface area (Å²) in [6.45, 7) is 4.06. The molecular weight excluding hydrogens is 302 g/mol. The number of piperidine rings is 1. The summed E-state index contributed by atoms with van der Waals surface area (Å²) in [5.74, 6) is 1.07. The molecule has 1 aliphatic rings. The number of nitrogens with one attached hydrogen (secondary N) is 1. The van der Waals surface area contributed by atoms with Crippen molar-refractivity contribution >= 4 is 23.2 Å². The van der Waals surface area contributed by atoms with Gasteiger partial charge in [0.1, 0.15) is 5.75 Å². The molecule has 0 spiro atoms. The lowest BCUT2D eigenvalue weighted by Gasteiger charge is -2.38. The smallest absolute Gasteiger partial charge is 0.238 e. The van der Waals surface area contributed by atoms with Gasteiger partial charge in [0, 0.05) is 18.3 Å². The SMILES string of the molecule is COc1ccc(NC(=O)CN2CCCC(C)C2CN)cc1Cl. The number of likely N-dealkylation sites (tertiary alicyclic amines) is 1. The number of anilines is 1. The van der Waals surface area contributed by atoms with Gasteiger partial charge in [0.2, 0.25) is 5.91 Å². The Balaban J connectivity index is 1.96. The van der Waals surface area contributed by atoms with Crippen molar-refractivity contribution in [1.82, 2.24) is 4.90 Å². The van der Waals surface area contributed by atoms with Gasteiger partial charge in [-0.2, -0.15) is 0 Å². The summed E-state index contributed by atoms with van der Waals surface area (Å²) in [4.78, 5) is 14.4. The molecule has 6 heteroatoms. The molecule has 1 aromatic rings. The monoisotopic (exact) mass is 325 g/mol. The Morgan fingerprint density at radius 2 is 2.32 bits per heavy atom. The van der Waals surface area contributed by atoms with E-state index < -0.39 is 0 Å². The fraction of sp³-hybridized carbons (Fsp3) is 0.562. The fourth-order valence-corrected chi connectivity index (χ4v) is 3.30. The fourth-order valence-electron chi connectivity index (χ4n) is 3.04. The molecule has 2 rings (SSSR count). The van der Waals surface area contributed by atoms with Crippen LogP contribution in [0.1, 0.15) is 19.8 Å². The van der Waals surface area contributed by atoms with Gasteiger partial charge >= 0.3 is 0 Å². The number of nitrogens with two attached hydrogens (primary N) is 1. The standard InChI is InChI=1S/C16H24ClN3O2/c1-11-4-3-7-20(14(11)9-18)10-16(21)19-12-5-6-15(22-2)13(17)8-12/h5-6,8,11,14H,3-4,7,9-10,18H2,1-2H3,(H,19,21). The van der Waals surface area contributed by atoms with E-state index in [9.17, 15) is 4.79 Å². The highest BCUT2D eigenvalue weighted by Crippen LogP contribution is 2.27. The van der Waals surface area contributed by atoms with Crippen LogP contribution >= 0.6 is 11.6 Å². The van der Waals surface area contributed by atoms with E-state index in [2.05, 4.69) is 17.1 Å². The maximum atomic E-state index is 12.2. The Bertz CT molecular complexity index is 524. The predicted molar refractivity (Wildman–Crippen MR) is 89.4 cm³/mol. The van der Waals surface area contributed by atoms with E-state index in [1.54, 1.807) is 25.3 Å². The minimum Gasteiger partial charge on any atom is -0.495 e. The average Bonchev–Trinajstić information content (AvgIpc) is 2.47.